The molecular weight excluding hydrogens is 250 g/mol. The van der Waals surface area contributed by atoms with Crippen molar-refractivity contribution in [2.75, 3.05) is 0 Å². The molecular formula is C13H14ClN3O. The molecule has 2 N–H and O–H groups in total. The standard InChI is InChI=1S/C13H14ClN3O/c14-11-4-2-1-3-10(11)12-16-13(18-17-12)8-5-6-9(15)7-8/h1-4,8-9H,5-7,15H2. The molecule has 5 heteroatoms. The molecule has 1 aliphatic carbocycles. The van der Waals surface area contributed by atoms with Gasteiger partial charge in [-0.1, -0.05) is 28.9 Å². The van der Waals surface area contributed by atoms with Gasteiger partial charge in [-0.2, -0.15) is 4.98 Å². The van der Waals surface area contributed by atoms with Gasteiger partial charge in [-0.25, -0.2) is 0 Å². The average molecular weight is 264 g/mol. The Labute approximate surface area is 110 Å². The number of halogens is 1. The summed E-state index contributed by atoms with van der Waals surface area (Å²) >= 11 is 6.11. The Balaban J connectivity index is 1.88. The summed E-state index contributed by atoms with van der Waals surface area (Å²) in [5.74, 6) is 1.53. The zero-order chi connectivity index (χ0) is 12.5. The molecule has 0 amide bonds. The van der Waals surface area contributed by atoms with Crippen LogP contribution in [0.25, 0.3) is 11.4 Å². The molecule has 2 atom stereocenters. The number of hydrogen-bond acceptors (Lipinski definition) is 4. The maximum Gasteiger partial charge on any atom is 0.230 e. The lowest BCUT2D eigenvalue weighted by Gasteiger charge is -2.01. The third-order valence-electron chi connectivity index (χ3n) is 3.38. The normalized spacial score (nSPS) is 23.4. The molecule has 18 heavy (non-hydrogen) atoms. The van der Waals surface area contributed by atoms with E-state index in [4.69, 9.17) is 21.9 Å². The van der Waals surface area contributed by atoms with E-state index in [9.17, 15) is 0 Å². The Morgan fingerprint density at radius 1 is 1.28 bits per heavy atom. The zero-order valence-corrected chi connectivity index (χ0v) is 10.6. The first-order valence-electron chi connectivity index (χ1n) is 6.08. The predicted octanol–water partition coefficient (Wildman–Crippen LogP) is 2.98. The molecule has 1 aliphatic rings. The first kappa shape index (κ1) is 11.7. The van der Waals surface area contributed by atoms with E-state index in [2.05, 4.69) is 10.1 Å². The molecule has 3 rings (SSSR count). The number of rotatable bonds is 2. The summed E-state index contributed by atoms with van der Waals surface area (Å²) in [5.41, 5.74) is 6.70. The Morgan fingerprint density at radius 2 is 2.11 bits per heavy atom. The lowest BCUT2D eigenvalue weighted by Crippen LogP contribution is -2.14. The SMILES string of the molecule is NC1CCC(c2nc(-c3ccccc3Cl)no2)C1. The second-order valence-corrected chi connectivity index (χ2v) is 5.11. The van der Waals surface area contributed by atoms with Crippen molar-refractivity contribution in [2.45, 2.75) is 31.2 Å². The number of nitrogens with two attached hydrogens (primary N) is 1. The number of benzene rings is 1. The lowest BCUT2D eigenvalue weighted by molar-refractivity contribution is 0.353. The molecule has 0 saturated heterocycles. The Morgan fingerprint density at radius 3 is 2.83 bits per heavy atom. The van der Waals surface area contributed by atoms with Gasteiger partial charge >= 0.3 is 0 Å². The van der Waals surface area contributed by atoms with Crippen LogP contribution in [0.3, 0.4) is 0 Å². The van der Waals surface area contributed by atoms with Crippen molar-refractivity contribution < 1.29 is 4.52 Å². The second kappa shape index (κ2) is 4.71. The van der Waals surface area contributed by atoms with Crippen LogP contribution >= 0.6 is 11.6 Å². The van der Waals surface area contributed by atoms with Crippen molar-refractivity contribution in [3.63, 3.8) is 0 Å². The van der Waals surface area contributed by atoms with Crippen LogP contribution in [-0.2, 0) is 0 Å². The molecule has 1 aromatic carbocycles. The fraction of sp³-hybridized carbons (Fsp3) is 0.385. The molecule has 1 fully saturated rings. The zero-order valence-electron chi connectivity index (χ0n) is 9.84. The summed E-state index contributed by atoms with van der Waals surface area (Å²) in [6.07, 6.45) is 2.96. The Bertz CT molecular complexity index is 555. The minimum absolute atomic E-state index is 0.255. The van der Waals surface area contributed by atoms with Crippen molar-refractivity contribution in [1.82, 2.24) is 10.1 Å². The summed E-state index contributed by atoms with van der Waals surface area (Å²) in [4.78, 5) is 4.44. The molecule has 4 nitrogen and oxygen atoms in total. The van der Waals surface area contributed by atoms with Gasteiger partial charge in [0.1, 0.15) is 0 Å². The van der Waals surface area contributed by atoms with Crippen LogP contribution in [0.5, 0.6) is 0 Å². The van der Waals surface area contributed by atoms with Crippen molar-refractivity contribution in [2.24, 2.45) is 5.73 Å². The maximum atomic E-state index is 6.11. The highest BCUT2D eigenvalue weighted by molar-refractivity contribution is 6.33. The number of aromatic nitrogens is 2. The third-order valence-corrected chi connectivity index (χ3v) is 3.71. The minimum atomic E-state index is 0.255. The van der Waals surface area contributed by atoms with Crippen LogP contribution in [0, 0.1) is 0 Å². The summed E-state index contributed by atoms with van der Waals surface area (Å²) in [5, 5.41) is 4.64. The van der Waals surface area contributed by atoms with Crippen LogP contribution in [0.1, 0.15) is 31.1 Å². The van der Waals surface area contributed by atoms with Gasteiger partial charge in [0.2, 0.25) is 11.7 Å². The van der Waals surface area contributed by atoms with Crippen LogP contribution in [0.15, 0.2) is 28.8 Å². The summed E-state index contributed by atoms with van der Waals surface area (Å²) in [7, 11) is 0. The van der Waals surface area contributed by atoms with Gasteiger partial charge in [0.05, 0.1) is 5.02 Å². The van der Waals surface area contributed by atoms with Gasteiger partial charge in [0, 0.05) is 17.5 Å². The van der Waals surface area contributed by atoms with Crippen LogP contribution in [0.2, 0.25) is 5.02 Å². The largest absolute Gasteiger partial charge is 0.339 e. The smallest absolute Gasteiger partial charge is 0.230 e. The van der Waals surface area contributed by atoms with E-state index in [-0.39, 0.29) is 6.04 Å². The van der Waals surface area contributed by atoms with Crippen LogP contribution in [-0.4, -0.2) is 16.2 Å². The summed E-state index contributed by atoms with van der Waals surface area (Å²) in [6, 6.07) is 7.74. The second-order valence-electron chi connectivity index (χ2n) is 4.71. The number of hydrogen-bond donors (Lipinski definition) is 1. The number of nitrogens with zero attached hydrogens (tertiary/aromatic N) is 2. The van der Waals surface area contributed by atoms with E-state index >= 15 is 0 Å². The topological polar surface area (TPSA) is 64.9 Å². The monoisotopic (exact) mass is 263 g/mol. The van der Waals surface area contributed by atoms with Gasteiger partial charge in [0.25, 0.3) is 0 Å². The van der Waals surface area contributed by atoms with Crippen molar-refractivity contribution in [3.8, 4) is 11.4 Å². The van der Waals surface area contributed by atoms with E-state index < -0.39 is 0 Å². The summed E-state index contributed by atoms with van der Waals surface area (Å²) < 4.78 is 5.33. The Hall–Kier alpha value is -1.39. The first-order chi connectivity index (χ1) is 8.74. The van der Waals surface area contributed by atoms with E-state index in [0.717, 1.165) is 24.8 Å². The molecule has 0 radical (unpaired) electrons. The van der Waals surface area contributed by atoms with E-state index in [1.807, 2.05) is 24.3 Å². The minimum Gasteiger partial charge on any atom is -0.339 e. The van der Waals surface area contributed by atoms with Gasteiger partial charge in [-0.05, 0) is 31.4 Å². The van der Waals surface area contributed by atoms with E-state index in [1.54, 1.807) is 0 Å². The van der Waals surface area contributed by atoms with Gasteiger partial charge in [-0.15, -0.1) is 0 Å². The maximum absolute atomic E-state index is 6.11. The van der Waals surface area contributed by atoms with Crippen LogP contribution < -0.4 is 5.73 Å². The fourth-order valence-corrected chi connectivity index (χ4v) is 2.61. The highest BCUT2D eigenvalue weighted by atomic mass is 35.5. The van der Waals surface area contributed by atoms with Crippen molar-refractivity contribution in [3.05, 3.63) is 35.2 Å². The highest BCUT2D eigenvalue weighted by Gasteiger charge is 2.28. The predicted molar refractivity (Wildman–Crippen MR) is 69.3 cm³/mol. The van der Waals surface area contributed by atoms with Crippen LogP contribution in [0.4, 0.5) is 0 Å². The molecule has 0 bridgehead atoms. The fourth-order valence-electron chi connectivity index (χ4n) is 2.39. The molecule has 1 aromatic heterocycles. The van der Waals surface area contributed by atoms with Gasteiger partial charge in [-0.3, -0.25) is 0 Å². The average Bonchev–Trinajstić information content (AvgIpc) is 2.98. The molecule has 1 saturated carbocycles. The summed E-state index contributed by atoms with van der Waals surface area (Å²) in [6.45, 7) is 0. The molecule has 2 unspecified atom stereocenters. The first-order valence-corrected chi connectivity index (χ1v) is 6.46. The molecule has 0 aliphatic heterocycles. The highest BCUT2D eigenvalue weighted by Crippen LogP contribution is 2.34. The van der Waals surface area contributed by atoms with E-state index in [1.165, 1.54) is 0 Å². The van der Waals surface area contributed by atoms with Crippen molar-refractivity contribution >= 4 is 11.6 Å². The van der Waals surface area contributed by atoms with Gasteiger partial charge in [0.15, 0.2) is 0 Å². The third kappa shape index (κ3) is 2.13. The quantitative estimate of drug-likeness (QED) is 0.905. The molecule has 2 aromatic rings. The van der Waals surface area contributed by atoms with E-state index in [0.29, 0.717) is 22.7 Å². The lowest BCUT2D eigenvalue weighted by atomic mass is 10.1. The van der Waals surface area contributed by atoms with Gasteiger partial charge < -0.3 is 10.3 Å². The van der Waals surface area contributed by atoms with Crippen molar-refractivity contribution in [1.29, 1.82) is 0 Å². The molecule has 0 spiro atoms. The molecule has 1 heterocycles. The molecule has 94 valence electrons. The Kier molecular flexibility index (Phi) is 3.06.